The lowest BCUT2D eigenvalue weighted by atomic mass is 10.1. The maximum Gasteiger partial charge on any atom is 0.281 e. The number of rotatable bonds is 8. The van der Waals surface area contributed by atoms with Gasteiger partial charge in [0.2, 0.25) is 5.91 Å². The van der Waals surface area contributed by atoms with Crippen molar-refractivity contribution in [3.63, 3.8) is 0 Å². The van der Waals surface area contributed by atoms with Gasteiger partial charge in [0.1, 0.15) is 5.69 Å². The number of alkyl halides is 2. The van der Waals surface area contributed by atoms with E-state index in [4.69, 9.17) is 11.6 Å². The van der Waals surface area contributed by atoms with Gasteiger partial charge >= 0.3 is 0 Å². The Bertz CT molecular complexity index is 1530. The third-order valence-electron chi connectivity index (χ3n) is 7.04. The van der Waals surface area contributed by atoms with E-state index in [1.54, 1.807) is 6.07 Å². The van der Waals surface area contributed by atoms with Crippen LogP contribution < -0.4 is 10.6 Å². The van der Waals surface area contributed by atoms with Crippen molar-refractivity contribution in [1.29, 1.82) is 0 Å². The van der Waals surface area contributed by atoms with Gasteiger partial charge in [0.15, 0.2) is 0 Å². The molecule has 0 radical (unpaired) electrons. The fourth-order valence-electron chi connectivity index (χ4n) is 4.53. The second kappa shape index (κ2) is 10.2. The number of anilines is 1. The van der Waals surface area contributed by atoms with E-state index in [9.17, 15) is 18.4 Å². The summed E-state index contributed by atoms with van der Waals surface area (Å²) < 4.78 is 29.5. The summed E-state index contributed by atoms with van der Waals surface area (Å²) in [5, 5.41) is 7.09. The quantitative estimate of drug-likeness (QED) is 0.255. The van der Waals surface area contributed by atoms with Crippen molar-refractivity contribution in [3.05, 3.63) is 82.6 Å². The normalized spacial score (nSPS) is 14.1. The number of fused-ring (bicyclic) bond motifs is 1. The average molecular weight is 537 g/mol. The van der Waals surface area contributed by atoms with Gasteiger partial charge in [-0.15, -0.1) is 0 Å². The molecule has 1 aliphatic carbocycles. The molecule has 196 valence electrons. The minimum atomic E-state index is -2.92. The lowest BCUT2D eigenvalue weighted by Gasteiger charge is -2.13. The predicted molar refractivity (Wildman–Crippen MR) is 144 cm³/mol. The molecule has 2 N–H and O–H groups in total. The van der Waals surface area contributed by atoms with Gasteiger partial charge in [-0.3, -0.25) is 14.6 Å². The third kappa shape index (κ3) is 5.13. The average Bonchev–Trinajstić information content (AvgIpc) is 3.56. The Labute approximate surface area is 224 Å². The minimum absolute atomic E-state index is 0.0910. The summed E-state index contributed by atoms with van der Waals surface area (Å²) in [6.45, 7) is 4.77. The highest BCUT2D eigenvalue weighted by Gasteiger charge is 2.44. The summed E-state index contributed by atoms with van der Waals surface area (Å²) in [5.74, 6) is -0.783. The number of hydrogen-bond acceptors (Lipinski definition) is 3. The zero-order valence-corrected chi connectivity index (χ0v) is 21.8. The number of nitrogens with zero attached hydrogens (tertiary/aromatic N) is 2. The molecule has 4 aromatic rings. The van der Waals surface area contributed by atoms with Crippen molar-refractivity contribution in [1.82, 2.24) is 14.9 Å². The van der Waals surface area contributed by atoms with Crippen LogP contribution in [0.3, 0.4) is 0 Å². The molecule has 0 unspecified atom stereocenters. The van der Waals surface area contributed by atoms with E-state index in [0.717, 1.165) is 41.5 Å². The number of pyridine rings is 1. The van der Waals surface area contributed by atoms with E-state index in [1.165, 1.54) is 12.3 Å². The molecule has 38 heavy (non-hydrogen) atoms. The molecule has 9 heteroatoms. The van der Waals surface area contributed by atoms with Crippen LogP contribution in [0.1, 0.15) is 54.7 Å². The number of aromatic nitrogens is 2. The molecule has 0 saturated heterocycles. The first-order chi connectivity index (χ1) is 18.2. The Hall–Kier alpha value is -3.78. The zero-order valence-electron chi connectivity index (χ0n) is 21.0. The van der Waals surface area contributed by atoms with E-state index in [1.807, 2.05) is 56.3 Å². The number of benzene rings is 2. The summed E-state index contributed by atoms with van der Waals surface area (Å²) in [7, 11) is 0. The molecule has 0 bridgehead atoms. The van der Waals surface area contributed by atoms with Crippen LogP contribution in [0.15, 0.2) is 60.8 Å². The number of amides is 2. The van der Waals surface area contributed by atoms with Gasteiger partial charge in [0, 0.05) is 52.0 Å². The largest absolute Gasteiger partial charge is 0.351 e. The van der Waals surface area contributed by atoms with E-state index in [2.05, 4.69) is 20.2 Å². The third-order valence-corrected chi connectivity index (χ3v) is 7.30. The fraction of sp³-hybridized carbons (Fsp3) is 0.276. The highest BCUT2D eigenvalue weighted by Crippen LogP contribution is 2.45. The number of nitrogens with one attached hydrogen (secondary N) is 2. The molecule has 2 heterocycles. The van der Waals surface area contributed by atoms with Gasteiger partial charge in [-0.25, -0.2) is 8.78 Å². The van der Waals surface area contributed by atoms with Crippen LogP contribution in [-0.2, 0) is 17.9 Å². The van der Waals surface area contributed by atoms with Gasteiger partial charge < -0.3 is 15.2 Å². The molecule has 1 fully saturated rings. The molecule has 2 amide bonds. The van der Waals surface area contributed by atoms with Gasteiger partial charge in [-0.1, -0.05) is 30.7 Å². The molecule has 0 aliphatic heterocycles. The fourth-order valence-corrected chi connectivity index (χ4v) is 4.65. The SMILES string of the molecule is CCn1c(-c2ccc(Cl)cc2)cc2cc(NC(=O)c3cc(CNC(=O)C4(C)CC4)cnc3C(F)F)ccc21. The Balaban J connectivity index is 1.40. The van der Waals surface area contributed by atoms with E-state index >= 15 is 0 Å². The summed E-state index contributed by atoms with van der Waals surface area (Å²) in [6, 6.07) is 16.4. The standard InChI is InChI=1S/C29H27ClF2N4O2/c1-3-36-23-9-8-21(13-19(23)14-24(36)18-4-6-20(30)7-5-18)35-27(37)22-12-17(15-33-25(22)26(31)32)16-34-28(38)29(2)10-11-29/h4-9,12-15,26H,3,10-11,16H2,1-2H3,(H,34,38)(H,35,37). The van der Waals surface area contributed by atoms with Crippen LogP contribution in [0.2, 0.25) is 5.02 Å². The van der Waals surface area contributed by atoms with Crippen LogP contribution in [0.5, 0.6) is 0 Å². The molecule has 0 atom stereocenters. The first-order valence-electron chi connectivity index (χ1n) is 12.4. The second-order valence-corrected chi connectivity index (χ2v) is 10.3. The first kappa shape index (κ1) is 25.9. The van der Waals surface area contributed by atoms with Crippen molar-refractivity contribution in [2.45, 2.75) is 46.2 Å². The van der Waals surface area contributed by atoms with Crippen molar-refractivity contribution < 1.29 is 18.4 Å². The molecule has 5 rings (SSSR count). The van der Waals surface area contributed by atoms with Crippen molar-refractivity contribution >= 4 is 40.0 Å². The highest BCUT2D eigenvalue weighted by molar-refractivity contribution is 6.30. The lowest BCUT2D eigenvalue weighted by molar-refractivity contribution is -0.125. The Morgan fingerprint density at radius 1 is 1.11 bits per heavy atom. The van der Waals surface area contributed by atoms with E-state index < -0.39 is 18.0 Å². The van der Waals surface area contributed by atoms with Crippen LogP contribution >= 0.6 is 11.6 Å². The monoisotopic (exact) mass is 536 g/mol. The van der Waals surface area contributed by atoms with Crippen LogP contribution in [0, 0.1) is 5.41 Å². The summed E-state index contributed by atoms with van der Waals surface area (Å²) in [5.41, 5.74) is 2.74. The molecule has 2 aromatic carbocycles. The van der Waals surface area contributed by atoms with Crippen LogP contribution in [0.25, 0.3) is 22.2 Å². The first-order valence-corrected chi connectivity index (χ1v) is 12.8. The number of halogens is 3. The maximum absolute atomic E-state index is 13.7. The number of carbonyl (C=O) groups excluding carboxylic acids is 2. The van der Waals surface area contributed by atoms with Gasteiger partial charge in [0.25, 0.3) is 12.3 Å². The summed E-state index contributed by atoms with van der Waals surface area (Å²) in [6.07, 6.45) is -0.0106. The second-order valence-electron chi connectivity index (χ2n) is 9.83. The number of carbonyl (C=O) groups is 2. The molecule has 6 nitrogen and oxygen atoms in total. The molecular weight excluding hydrogens is 510 g/mol. The smallest absolute Gasteiger partial charge is 0.281 e. The summed E-state index contributed by atoms with van der Waals surface area (Å²) >= 11 is 6.05. The Morgan fingerprint density at radius 3 is 2.50 bits per heavy atom. The van der Waals surface area contributed by atoms with Crippen molar-refractivity contribution in [3.8, 4) is 11.3 Å². The maximum atomic E-state index is 13.7. The molecule has 0 spiro atoms. The van der Waals surface area contributed by atoms with Crippen molar-refractivity contribution in [2.24, 2.45) is 5.41 Å². The molecule has 1 saturated carbocycles. The van der Waals surface area contributed by atoms with E-state index in [-0.39, 0.29) is 23.4 Å². The lowest BCUT2D eigenvalue weighted by Crippen LogP contribution is -2.30. The van der Waals surface area contributed by atoms with Gasteiger partial charge in [0.05, 0.1) is 5.56 Å². The van der Waals surface area contributed by atoms with E-state index in [0.29, 0.717) is 16.3 Å². The van der Waals surface area contributed by atoms with Crippen molar-refractivity contribution in [2.75, 3.05) is 5.32 Å². The highest BCUT2D eigenvalue weighted by atomic mass is 35.5. The van der Waals surface area contributed by atoms with Crippen LogP contribution in [-0.4, -0.2) is 21.4 Å². The molecule has 1 aliphatic rings. The van der Waals surface area contributed by atoms with Gasteiger partial charge in [-0.2, -0.15) is 0 Å². The number of aryl methyl sites for hydroxylation is 1. The van der Waals surface area contributed by atoms with Crippen LogP contribution in [0.4, 0.5) is 14.5 Å². The zero-order chi connectivity index (χ0) is 27.0. The molecule has 2 aromatic heterocycles. The number of hydrogen-bond donors (Lipinski definition) is 2. The molecular formula is C29H27ClF2N4O2. The predicted octanol–water partition coefficient (Wildman–Crippen LogP) is 6.98. The Morgan fingerprint density at radius 2 is 1.84 bits per heavy atom. The summed E-state index contributed by atoms with van der Waals surface area (Å²) in [4.78, 5) is 29.2. The Kier molecular flexibility index (Phi) is 6.92. The topological polar surface area (TPSA) is 76.0 Å². The minimum Gasteiger partial charge on any atom is -0.351 e. The van der Waals surface area contributed by atoms with Gasteiger partial charge in [-0.05, 0) is 73.4 Å².